The van der Waals surface area contributed by atoms with E-state index in [2.05, 4.69) is 20.8 Å². The summed E-state index contributed by atoms with van der Waals surface area (Å²) in [5.74, 6) is 0.414. The van der Waals surface area contributed by atoms with Crippen LogP contribution in [-0.4, -0.2) is 47.9 Å². The summed E-state index contributed by atoms with van der Waals surface area (Å²) in [5, 5.41) is 28.7. The van der Waals surface area contributed by atoms with Gasteiger partial charge in [0.25, 0.3) is 10.1 Å². The van der Waals surface area contributed by atoms with E-state index in [0.29, 0.717) is 17.5 Å². The fourth-order valence-corrected chi connectivity index (χ4v) is 3.10. The van der Waals surface area contributed by atoms with E-state index >= 15 is 0 Å². The van der Waals surface area contributed by atoms with Crippen LogP contribution in [0.2, 0.25) is 0 Å². The first-order chi connectivity index (χ1) is 17.4. The summed E-state index contributed by atoms with van der Waals surface area (Å²) in [7, 11) is -3.92. The van der Waals surface area contributed by atoms with E-state index < -0.39 is 22.5 Å². The van der Waals surface area contributed by atoms with E-state index in [4.69, 9.17) is 43.1 Å². The summed E-state index contributed by atoms with van der Waals surface area (Å²) in [6.07, 6.45) is 21.0. The molecule has 0 saturated heterocycles. The number of nitrogens with two attached hydrogens (primary N) is 3. The van der Waals surface area contributed by atoms with Gasteiger partial charge in [-0.15, -0.1) is 0 Å². The van der Waals surface area contributed by atoms with Gasteiger partial charge < -0.3 is 22.3 Å². The Morgan fingerprint density at radius 2 is 0.811 bits per heavy atom. The summed E-state index contributed by atoms with van der Waals surface area (Å²) in [6, 6.07) is 0. The molecule has 0 fully saturated rings. The van der Waals surface area contributed by atoms with Crippen molar-refractivity contribution in [2.45, 2.75) is 136 Å². The molecule has 0 aromatic carbocycles. The maximum Gasteiger partial charge on any atom is 0.267 e. The average Bonchev–Trinajstić information content (AvgIpc) is 2.79. The van der Waals surface area contributed by atoms with Crippen LogP contribution in [0.15, 0.2) is 0 Å². The van der Waals surface area contributed by atoms with Gasteiger partial charge in [0.05, 0.1) is 29.9 Å². The third-order valence-electron chi connectivity index (χ3n) is 5.00. The third kappa shape index (κ3) is 65.9. The molecule has 0 saturated carbocycles. The lowest BCUT2D eigenvalue weighted by Gasteiger charge is -1.97. The lowest BCUT2D eigenvalue weighted by Crippen LogP contribution is -2.08. The first kappa shape index (κ1) is 42.4. The number of unbranched alkanes of at least 4 members (excludes halogenated alkanes) is 12. The lowest BCUT2D eigenvalue weighted by atomic mass is 10.1. The van der Waals surface area contributed by atoms with Gasteiger partial charge in [0, 0.05) is 19.3 Å². The Morgan fingerprint density at radius 3 is 0.946 bits per heavy atom. The van der Waals surface area contributed by atoms with Crippen molar-refractivity contribution < 1.29 is 18.1 Å². The van der Waals surface area contributed by atoms with Gasteiger partial charge in [0.15, 0.2) is 0 Å². The molecule has 10 nitrogen and oxygen atoms in total. The van der Waals surface area contributed by atoms with Crippen molar-refractivity contribution in [3.8, 4) is 0 Å². The molecule has 0 heterocycles. The minimum atomic E-state index is -3.92. The first-order valence-corrected chi connectivity index (χ1v) is 15.5. The summed E-state index contributed by atoms with van der Waals surface area (Å²) in [5.41, 5.74) is 15.6. The molecule has 0 aliphatic rings. The minimum absolute atomic E-state index is 0.330. The van der Waals surface area contributed by atoms with Crippen LogP contribution < -0.4 is 17.2 Å². The van der Waals surface area contributed by atoms with Crippen molar-refractivity contribution in [2.24, 2.45) is 17.2 Å². The maximum absolute atomic E-state index is 9.63. The summed E-state index contributed by atoms with van der Waals surface area (Å²) >= 11 is 0. The number of aliphatic hydroxyl groups excluding tert-OH is 1. The standard InChI is InChI=1S/3C8H18N2.C2H6O4S/c3*1-2-3-4-5-6-7-8(9)10;3-1-2-7(4,5)6/h3*2-7H2,1H3,(H3,9,10);3H,1-2H2,(H,4,5,6). The van der Waals surface area contributed by atoms with E-state index in [1.54, 1.807) is 0 Å². The predicted molar refractivity (Wildman–Crippen MR) is 159 cm³/mol. The molecule has 0 amide bonds. The SMILES string of the molecule is CCCCCCCC(=N)N.CCCCCCCC(=N)N.CCCCCCCC(=N)N.O=S(=O)(O)CCO. The summed E-state index contributed by atoms with van der Waals surface area (Å²) < 4.78 is 27.1. The van der Waals surface area contributed by atoms with E-state index in [0.717, 1.165) is 38.5 Å². The summed E-state index contributed by atoms with van der Waals surface area (Å²) in [6.45, 7) is 6.07. The number of hydrogen-bond acceptors (Lipinski definition) is 6. The summed E-state index contributed by atoms with van der Waals surface area (Å²) in [4.78, 5) is 0. The molecule has 0 aromatic rings. The molecule has 0 rings (SSSR count). The quantitative estimate of drug-likeness (QED) is 0.0405. The second-order valence-electron chi connectivity index (χ2n) is 9.08. The molecule has 224 valence electrons. The van der Waals surface area contributed by atoms with Gasteiger partial charge in [-0.3, -0.25) is 20.8 Å². The van der Waals surface area contributed by atoms with Gasteiger partial charge in [-0.25, -0.2) is 0 Å². The molecular weight excluding hydrogens is 492 g/mol. The zero-order valence-electron chi connectivity index (χ0n) is 24.0. The van der Waals surface area contributed by atoms with Crippen LogP contribution in [0.4, 0.5) is 0 Å². The largest absolute Gasteiger partial charge is 0.395 e. The van der Waals surface area contributed by atoms with Gasteiger partial charge in [-0.05, 0) is 19.3 Å². The number of hydrogen-bond donors (Lipinski definition) is 8. The Labute approximate surface area is 227 Å². The van der Waals surface area contributed by atoms with Gasteiger partial charge in [0.1, 0.15) is 0 Å². The van der Waals surface area contributed by atoms with E-state index in [9.17, 15) is 8.42 Å². The van der Waals surface area contributed by atoms with E-state index in [1.807, 2.05) is 0 Å². The highest BCUT2D eigenvalue weighted by molar-refractivity contribution is 7.85. The molecule has 11 N–H and O–H groups in total. The molecule has 0 aliphatic carbocycles. The highest BCUT2D eigenvalue weighted by atomic mass is 32.2. The molecule has 0 aliphatic heterocycles. The minimum Gasteiger partial charge on any atom is -0.395 e. The smallest absolute Gasteiger partial charge is 0.267 e. The van der Waals surface area contributed by atoms with Crippen LogP contribution >= 0.6 is 0 Å². The van der Waals surface area contributed by atoms with Crippen molar-refractivity contribution in [2.75, 3.05) is 12.4 Å². The van der Waals surface area contributed by atoms with Crippen LogP contribution in [0.1, 0.15) is 136 Å². The van der Waals surface area contributed by atoms with Crippen LogP contribution in [0.3, 0.4) is 0 Å². The number of rotatable bonds is 20. The van der Waals surface area contributed by atoms with Gasteiger partial charge in [-0.1, -0.05) is 97.8 Å². The van der Waals surface area contributed by atoms with Crippen molar-refractivity contribution in [3.05, 3.63) is 0 Å². The van der Waals surface area contributed by atoms with Crippen molar-refractivity contribution >= 4 is 27.6 Å². The van der Waals surface area contributed by atoms with Crippen LogP contribution in [0.25, 0.3) is 0 Å². The molecule has 0 radical (unpaired) electrons. The number of amidine groups is 3. The molecular formula is C26H60N6O4S. The van der Waals surface area contributed by atoms with Crippen LogP contribution in [-0.2, 0) is 10.1 Å². The lowest BCUT2D eigenvalue weighted by molar-refractivity contribution is 0.315. The van der Waals surface area contributed by atoms with Gasteiger partial charge in [0.2, 0.25) is 0 Å². The number of nitrogens with one attached hydrogen (secondary N) is 3. The third-order valence-corrected chi connectivity index (χ3v) is 5.70. The predicted octanol–water partition coefficient (Wildman–Crippen LogP) is 5.72. The van der Waals surface area contributed by atoms with Crippen molar-refractivity contribution in [3.63, 3.8) is 0 Å². The van der Waals surface area contributed by atoms with Crippen LogP contribution in [0.5, 0.6) is 0 Å². The Morgan fingerprint density at radius 1 is 0.568 bits per heavy atom. The number of aliphatic hydroxyl groups is 1. The molecule has 0 bridgehead atoms. The molecule has 0 aromatic heterocycles. The Bertz CT molecular complexity index is 559. The fraction of sp³-hybridized carbons (Fsp3) is 0.885. The van der Waals surface area contributed by atoms with Crippen molar-refractivity contribution in [1.82, 2.24) is 0 Å². The molecule has 0 spiro atoms. The molecule has 0 atom stereocenters. The van der Waals surface area contributed by atoms with E-state index in [1.165, 1.54) is 77.0 Å². The first-order valence-electron chi connectivity index (χ1n) is 13.9. The van der Waals surface area contributed by atoms with E-state index in [-0.39, 0.29) is 0 Å². The Hall–Kier alpha value is -1.72. The Balaban J connectivity index is -0.000000198. The molecule has 11 heteroatoms. The maximum atomic E-state index is 9.63. The zero-order chi connectivity index (χ0) is 29.4. The molecule has 37 heavy (non-hydrogen) atoms. The highest BCUT2D eigenvalue weighted by Gasteiger charge is 1.99. The van der Waals surface area contributed by atoms with Crippen molar-refractivity contribution in [1.29, 1.82) is 16.2 Å². The van der Waals surface area contributed by atoms with Gasteiger partial charge >= 0.3 is 0 Å². The second-order valence-corrected chi connectivity index (χ2v) is 10.7. The second kappa shape index (κ2) is 34.3. The zero-order valence-corrected chi connectivity index (χ0v) is 24.8. The normalized spacial score (nSPS) is 10.1. The van der Waals surface area contributed by atoms with Crippen LogP contribution in [0, 0.1) is 16.2 Å². The molecule has 0 unspecified atom stereocenters. The fourth-order valence-electron chi connectivity index (χ4n) is 2.87. The van der Waals surface area contributed by atoms with Gasteiger partial charge in [-0.2, -0.15) is 8.42 Å². The topological polar surface area (TPSA) is 224 Å². The monoisotopic (exact) mass is 552 g/mol. The average molecular weight is 553 g/mol. The Kier molecular flexibility index (Phi) is 39.3. The highest BCUT2D eigenvalue weighted by Crippen LogP contribution is 2.05.